The van der Waals surface area contributed by atoms with Gasteiger partial charge in [0.2, 0.25) is 5.91 Å². The fourth-order valence-electron chi connectivity index (χ4n) is 2.62. The summed E-state index contributed by atoms with van der Waals surface area (Å²) in [6.07, 6.45) is 0.455. The molecule has 0 radical (unpaired) electrons. The molecule has 1 heterocycles. The zero-order valence-electron chi connectivity index (χ0n) is 12.0. The number of carbonyl (C=O) groups excluding carboxylic acids is 1. The molecule has 1 aliphatic heterocycles. The van der Waals surface area contributed by atoms with E-state index in [0.29, 0.717) is 0 Å². The fraction of sp³-hybridized carbons (Fsp3) is 0.533. The summed E-state index contributed by atoms with van der Waals surface area (Å²) in [4.78, 5) is 15.6. The summed E-state index contributed by atoms with van der Waals surface area (Å²) in [6.45, 7) is 6.66. The Kier molecular flexibility index (Phi) is 5.05. The van der Waals surface area contributed by atoms with Gasteiger partial charge in [0.05, 0.1) is 6.10 Å². The molecule has 1 aliphatic rings. The predicted molar refractivity (Wildman–Crippen MR) is 83.9 cm³/mol. The highest BCUT2D eigenvalue weighted by molar-refractivity contribution is 9.10. The Hall–Kier alpha value is -1.07. The molecule has 1 saturated heterocycles. The van der Waals surface area contributed by atoms with Crippen molar-refractivity contribution in [3.05, 3.63) is 28.2 Å². The van der Waals surface area contributed by atoms with Crippen LogP contribution in [-0.2, 0) is 4.79 Å². The average molecular weight is 341 g/mol. The topological polar surface area (TPSA) is 43.8 Å². The highest BCUT2D eigenvalue weighted by Gasteiger charge is 2.20. The number of carbonyl (C=O) groups is 1. The van der Waals surface area contributed by atoms with Gasteiger partial charge in [-0.05, 0) is 25.5 Å². The number of nitrogens with zero attached hydrogens (tertiary/aromatic N) is 2. The molecule has 5 heteroatoms. The van der Waals surface area contributed by atoms with Crippen LogP contribution in [0.1, 0.15) is 31.9 Å². The Morgan fingerprint density at radius 2 is 2.05 bits per heavy atom. The lowest BCUT2D eigenvalue weighted by molar-refractivity contribution is -0.128. The van der Waals surface area contributed by atoms with Gasteiger partial charge in [-0.25, -0.2) is 0 Å². The molecule has 1 unspecified atom stereocenters. The average Bonchev–Trinajstić information content (AvgIpc) is 2.63. The van der Waals surface area contributed by atoms with Gasteiger partial charge in [-0.15, -0.1) is 0 Å². The summed E-state index contributed by atoms with van der Waals surface area (Å²) < 4.78 is 1.00. The summed E-state index contributed by atoms with van der Waals surface area (Å²) in [5, 5.41) is 9.93. The molecule has 0 saturated carbocycles. The third-order valence-corrected chi connectivity index (χ3v) is 4.22. The van der Waals surface area contributed by atoms with Crippen molar-refractivity contribution in [2.45, 2.75) is 26.4 Å². The summed E-state index contributed by atoms with van der Waals surface area (Å²) in [6, 6.07) is 5.95. The second-order valence-electron chi connectivity index (χ2n) is 5.23. The van der Waals surface area contributed by atoms with Crippen LogP contribution in [0.5, 0.6) is 0 Å². The van der Waals surface area contributed by atoms with E-state index in [1.54, 1.807) is 13.8 Å². The molecule has 0 bridgehead atoms. The first-order valence-electron chi connectivity index (χ1n) is 6.97. The van der Waals surface area contributed by atoms with Gasteiger partial charge in [0.1, 0.15) is 0 Å². The minimum atomic E-state index is -0.495. The Morgan fingerprint density at radius 3 is 2.70 bits per heavy atom. The van der Waals surface area contributed by atoms with Crippen LogP contribution in [0.25, 0.3) is 0 Å². The molecular weight excluding hydrogens is 320 g/mol. The smallest absolute Gasteiger partial charge is 0.219 e. The summed E-state index contributed by atoms with van der Waals surface area (Å²) in [5.41, 5.74) is 1.99. The number of halogens is 1. The van der Waals surface area contributed by atoms with E-state index < -0.39 is 6.10 Å². The summed E-state index contributed by atoms with van der Waals surface area (Å²) >= 11 is 3.49. The van der Waals surface area contributed by atoms with Crippen LogP contribution < -0.4 is 4.90 Å². The van der Waals surface area contributed by atoms with Crippen molar-refractivity contribution in [2.24, 2.45) is 0 Å². The van der Waals surface area contributed by atoms with Crippen molar-refractivity contribution < 1.29 is 9.90 Å². The van der Waals surface area contributed by atoms with E-state index >= 15 is 0 Å². The zero-order chi connectivity index (χ0) is 14.7. The number of amides is 1. The lowest BCUT2D eigenvalue weighted by Gasteiger charge is -2.27. The van der Waals surface area contributed by atoms with Crippen LogP contribution in [0, 0.1) is 0 Å². The molecule has 1 N–H and O–H groups in total. The van der Waals surface area contributed by atoms with Gasteiger partial charge in [-0.3, -0.25) is 4.79 Å². The Labute approximate surface area is 128 Å². The summed E-state index contributed by atoms with van der Waals surface area (Å²) in [7, 11) is 0. The van der Waals surface area contributed by atoms with Crippen LogP contribution in [0.15, 0.2) is 22.7 Å². The van der Waals surface area contributed by atoms with Crippen molar-refractivity contribution in [1.29, 1.82) is 0 Å². The van der Waals surface area contributed by atoms with Crippen LogP contribution >= 0.6 is 15.9 Å². The molecule has 1 aromatic carbocycles. The normalized spacial score (nSPS) is 17.8. The maximum absolute atomic E-state index is 11.5. The van der Waals surface area contributed by atoms with Crippen LogP contribution in [0.3, 0.4) is 0 Å². The summed E-state index contributed by atoms with van der Waals surface area (Å²) in [5.74, 6) is 0.136. The molecule has 1 atom stereocenters. The van der Waals surface area contributed by atoms with E-state index in [1.165, 1.54) is 0 Å². The minimum absolute atomic E-state index is 0.136. The van der Waals surface area contributed by atoms with Gasteiger partial charge in [-0.2, -0.15) is 0 Å². The molecular formula is C15H21BrN2O2. The molecule has 0 spiro atoms. The molecule has 4 nitrogen and oxygen atoms in total. The second kappa shape index (κ2) is 6.59. The molecule has 110 valence electrons. The first-order chi connectivity index (χ1) is 9.49. The first-order valence-corrected chi connectivity index (χ1v) is 7.76. The Balaban J connectivity index is 2.23. The third-order valence-electron chi connectivity index (χ3n) is 3.72. The highest BCUT2D eigenvalue weighted by atomic mass is 79.9. The molecule has 1 aromatic rings. The Morgan fingerprint density at radius 1 is 1.30 bits per heavy atom. The van der Waals surface area contributed by atoms with Gasteiger partial charge < -0.3 is 14.9 Å². The minimum Gasteiger partial charge on any atom is -0.389 e. The molecule has 1 fully saturated rings. The zero-order valence-corrected chi connectivity index (χ0v) is 13.6. The van der Waals surface area contributed by atoms with Gasteiger partial charge in [0.25, 0.3) is 0 Å². The second-order valence-corrected chi connectivity index (χ2v) is 6.14. The number of hydrogen-bond acceptors (Lipinski definition) is 3. The lowest BCUT2D eigenvalue weighted by atomic mass is 10.1. The fourth-order valence-corrected chi connectivity index (χ4v) is 2.97. The van der Waals surface area contributed by atoms with E-state index in [-0.39, 0.29) is 5.91 Å². The van der Waals surface area contributed by atoms with E-state index in [2.05, 4.69) is 20.8 Å². The SMILES string of the molecule is CC(=O)N1CCCN(c2cc(Br)ccc2C(C)O)CC1. The quantitative estimate of drug-likeness (QED) is 0.899. The number of hydrogen-bond donors (Lipinski definition) is 1. The monoisotopic (exact) mass is 340 g/mol. The lowest BCUT2D eigenvalue weighted by Crippen LogP contribution is -2.34. The van der Waals surface area contributed by atoms with Crippen molar-refractivity contribution in [1.82, 2.24) is 4.90 Å². The molecule has 0 aliphatic carbocycles. The predicted octanol–water partition coefficient (Wildman–Crippen LogP) is 2.56. The van der Waals surface area contributed by atoms with Crippen molar-refractivity contribution in [3.63, 3.8) is 0 Å². The van der Waals surface area contributed by atoms with Gasteiger partial charge in [-0.1, -0.05) is 22.0 Å². The van der Waals surface area contributed by atoms with Crippen molar-refractivity contribution >= 4 is 27.5 Å². The van der Waals surface area contributed by atoms with Crippen LogP contribution in [0.2, 0.25) is 0 Å². The van der Waals surface area contributed by atoms with E-state index in [4.69, 9.17) is 0 Å². The maximum Gasteiger partial charge on any atom is 0.219 e. The van der Waals surface area contributed by atoms with Gasteiger partial charge in [0.15, 0.2) is 0 Å². The molecule has 20 heavy (non-hydrogen) atoms. The van der Waals surface area contributed by atoms with Crippen molar-refractivity contribution in [3.8, 4) is 0 Å². The largest absolute Gasteiger partial charge is 0.389 e. The van der Waals surface area contributed by atoms with E-state index in [0.717, 1.165) is 48.3 Å². The highest BCUT2D eigenvalue weighted by Crippen LogP contribution is 2.30. The molecule has 0 aromatic heterocycles. The molecule has 2 rings (SSSR count). The first kappa shape index (κ1) is 15.3. The number of rotatable bonds is 2. The molecule has 1 amide bonds. The maximum atomic E-state index is 11.5. The Bertz CT molecular complexity index is 491. The number of anilines is 1. The van der Waals surface area contributed by atoms with Gasteiger partial charge in [0, 0.05) is 48.8 Å². The van der Waals surface area contributed by atoms with Crippen LogP contribution in [-0.4, -0.2) is 42.1 Å². The number of aliphatic hydroxyl groups excluding tert-OH is 1. The van der Waals surface area contributed by atoms with Crippen molar-refractivity contribution in [2.75, 3.05) is 31.1 Å². The van der Waals surface area contributed by atoms with Gasteiger partial charge >= 0.3 is 0 Å². The van der Waals surface area contributed by atoms with Crippen LogP contribution in [0.4, 0.5) is 5.69 Å². The van der Waals surface area contributed by atoms with E-state index in [9.17, 15) is 9.90 Å². The number of aliphatic hydroxyl groups is 1. The standard InChI is InChI=1S/C15H21BrN2O2/c1-11(19)14-5-4-13(16)10-15(14)18-7-3-6-17(8-9-18)12(2)20/h4-5,10-11,19H,3,6-9H2,1-2H3. The van der Waals surface area contributed by atoms with E-state index in [1.807, 2.05) is 23.1 Å². The number of benzene rings is 1. The third kappa shape index (κ3) is 3.52.